The summed E-state index contributed by atoms with van der Waals surface area (Å²) in [7, 11) is 1.74. The molecule has 1 heterocycles. The fourth-order valence-electron chi connectivity index (χ4n) is 2.19. The Labute approximate surface area is 104 Å². The molecule has 3 heteroatoms. The summed E-state index contributed by atoms with van der Waals surface area (Å²) in [5.74, 6) is 1.000. The lowest BCUT2D eigenvalue weighted by molar-refractivity contribution is 0.398. The second kappa shape index (κ2) is 6.12. The van der Waals surface area contributed by atoms with Gasteiger partial charge in [0.05, 0.1) is 7.11 Å². The summed E-state index contributed by atoms with van der Waals surface area (Å²) in [6, 6.07) is 7.04. The molecule has 1 aliphatic rings. The SMILES string of the molecule is COc1cc([C@@H]2CCCCN2)ccc1C.Cl. The molecular weight excluding hydrogens is 222 g/mol. The van der Waals surface area contributed by atoms with E-state index in [2.05, 4.69) is 30.4 Å². The molecule has 2 rings (SSSR count). The molecule has 1 aliphatic heterocycles. The zero-order chi connectivity index (χ0) is 10.7. The van der Waals surface area contributed by atoms with Crippen molar-refractivity contribution >= 4 is 12.4 Å². The molecule has 1 fully saturated rings. The van der Waals surface area contributed by atoms with Gasteiger partial charge < -0.3 is 10.1 Å². The highest BCUT2D eigenvalue weighted by Gasteiger charge is 2.15. The lowest BCUT2D eigenvalue weighted by atomic mass is 9.96. The van der Waals surface area contributed by atoms with Crippen molar-refractivity contribution in [2.24, 2.45) is 0 Å². The fourth-order valence-corrected chi connectivity index (χ4v) is 2.19. The van der Waals surface area contributed by atoms with Crippen LogP contribution in [0, 0.1) is 6.92 Å². The van der Waals surface area contributed by atoms with Crippen molar-refractivity contribution in [1.29, 1.82) is 0 Å². The minimum Gasteiger partial charge on any atom is -0.496 e. The Bertz CT molecular complexity index is 335. The standard InChI is InChI=1S/C13H19NO.ClH/c1-10-6-7-11(9-13(10)15-2)12-5-3-4-8-14-12;/h6-7,9,12,14H,3-5,8H2,1-2H3;1H/t12-;/m0./s1. The maximum absolute atomic E-state index is 5.35. The largest absolute Gasteiger partial charge is 0.496 e. The summed E-state index contributed by atoms with van der Waals surface area (Å²) in [5, 5.41) is 3.55. The summed E-state index contributed by atoms with van der Waals surface area (Å²) in [6.07, 6.45) is 3.87. The third-order valence-corrected chi connectivity index (χ3v) is 3.14. The number of hydrogen-bond donors (Lipinski definition) is 1. The Morgan fingerprint density at radius 3 is 2.75 bits per heavy atom. The van der Waals surface area contributed by atoms with E-state index in [0.29, 0.717) is 6.04 Å². The van der Waals surface area contributed by atoms with E-state index in [4.69, 9.17) is 4.74 Å². The van der Waals surface area contributed by atoms with Gasteiger partial charge in [-0.1, -0.05) is 18.6 Å². The number of benzene rings is 1. The van der Waals surface area contributed by atoms with E-state index < -0.39 is 0 Å². The van der Waals surface area contributed by atoms with E-state index >= 15 is 0 Å². The fraction of sp³-hybridized carbons (Fsp3) is 0.538. The smallest absolute Gasteiger partial charge is 0.122 e. The number of methoxy groups -OCH3 is 1. The predicted octanol–water partition coefficient (Wildman–Crippen LogP) is 3.24. The topological polar surface area (TPSA) is 21.3 Å². The first-order valence-electron chi connectivity index (χ1n) is 5.69. The van der Waals surface area contributed by atoms with Gasteiger partial charge in [0.1, 0.15) is 5.75 Å². The quantitative estimate of drug-likeness (QED) is 0.859. The van der Waals surface area contributed by atoms with Gasteiger partial charge in [0.15, 0.2) is 0 Å². The van der Waals surface area contributed by atoms with E-state index in [9.17, 15) is 0 Å². The Balaban J connectivity index is 0.00000128. The van der Waals surface area contributed by atoms with Crippen LogP contribution in [0.2, 0.25) is 0 Å². The molecule has 2 nitrogen and oxygen atoms in total. The lowest BCUT2D eigenvalue weighted by Crippen LogP contribution is -2.26. The summed E-state index contributed by atoms with van der Waals surface area (Å²) in [4.78, 5) is 0. The van der Waals surface area contributed by atoms with Crippen LogP contribution in [-0.4, -0.2) is 13.7 Å². The van der Waals surface area contributed by atoms with E-state index in [0.717, 1.165) is 12.3 Å². The van der Waals surface area contributed by atoms with Gasteiger partial charge in [0.25, 0.3) is 0 Å². The molecule has 90 valence electrons. The number of piperidine rings is 1. The summed E-state index contributed by atoms with van der Waals surface area (Å²) < 4.78 is 5.35. The van der Waals surface area contributed by atoms with Crippen molar-refractivity contribution < 1.29 is 4.74 Å². The minimum atomic E-state index is 0. The zero-order valence-corrected chi connectivity index (χ0v) is 10.8. The molecule has 1 saturated heterocycles. The third kappa shape index (κ3) is 2.89. The van der Waals surface area contributed by atoms with Crippen molar-refractivity contribution in [1.82, 2.24) is 5.32 Å². The molecule has 1 N–H and O–H groups in total. The highest BCUT2D eigenvalue weighted by Crippen LogP contribution is 2.27. The van der Waals surface area contributed by atoms with E-state index in [1.807, 2.05) is 0 Å². The van der Waals surface area contributed by atoms with Crippen LogP contribution in [0.1, 0.15) is 36.4 Å². The molecule has 0 saturated carbocycles. The van der Waals surface area contributed by atoms with Gasteiger partial charge >= 0.3 is 0 Å². The van der Waals surface area contributed by atoms with Crippen molar-refractivity contribution in [2.75, 3.05) is 13.7 Å². The van der Waals surface area contributed by atoms with Crippen LogP contribution in [0.15, 0.2) is 18.2 Å². The van der Waals surface area contributed by atoms with Gasteiger partial charge in [-0.3, -0.25) is 0 Å². The summed E-state index contributed by atoms with van der Waals surface area (Å²) in [6.45, 7) is 3.22. The van der Waals surface area contributed by atoms with Crippen molar-refractivity contribution in [3.63, 3.8) is 0 Å². The van der Waals surface area contributed by atoms with Crippen molar-refractivity contribution in [3.05, 3.63) is 29.3 Å². The molecule has 0 spiro atoms. The van der Waals surface area contributed by atoms with Crippen LogP contribution in [0.3, 0.4) is 0 Å². The molecule has 16 heavy (non-hydrogen) atoms. The number of hydrogen-bond acceptors (Lipinski definition) is 2. The number of aryl methyl sites for hydroxylation is 1. The number of nitrogens with one attached hydrogen (secondary N) is 1. The minimum absolute atomic E-state index is 0. The second-order valence-corrected chi connectivity index (χ2v) is 4.23. The molecule has 0 bridgehead atoms. The number of ether oxygens (including phenoxy) is 1. The average molecular weight is 242 g/mol. The van der Waals surface area contributed by atoms with Gasteiger partial charge in [-0.2, -0.15) is 0 Å². The first-order valence-corrected chi connectivity index (χ1v) is 5.69. The second-order valence-electron chi connectivity index (χ2n) is 4.23. The Kier molecular flexibility index (Phi) is 5.10. The highest BCUT2D eigenvalue weighted by atomic mass is 35.5. The third-order valence-electron chi connectivity index (χ3n) is 3.14. The lowest BCUT2D eigenvalue weighted by Gasteiger charge is -2.24. The summed E-state index contributed by atoms with van der Waals surface area (Å²) >= 11 is 0. The van der Waals surface area contributed by atoms with Crippen LogP contribution >= 0.6 is 12.4 Å². The maximum atomic E-state index is 5.35. The monoisotopic (exact) mass is 241 g/mol. The predicted molar refractivity (Wildman–Crippen MR) is 69.6 cm³/mol. The molecule has 1 aromatic carbocycles. The average Bonchev–Trinajstić information content (AvgIpc) is 2.31. The van der Waals surface area contributed by atoms with Gasteiger partial charge in [-0.15, -0.1) is 12.4 Å². The molecule has 1 atom stereocenters. The maximum Gasteiger partial charge on any atom is 0.122 e. The Morgan fingerprint density at radius 1 is 1.31 bits per heavy atom. The van der Waals surface area contributed by atoms with Crippen molar-refractivity contribution in [2.45, 2.75) is 32.2 Å². The van der Waals surface area contributed by atoms with E-state index in [1.165, 1.54) is 30.4 Å². The summed E-state index contributed by atoms with van der Waals surface area (Å²) in [5.41, 5.74) is 2.56. The van der Waals surface area contributed by atoms with Gasteiger partial charge in [-0.05, 0) is 43.5 Å². The molecule has 0 aliphatic carbocycles. The van der Waals surface area contributed by atoms with Crippen molar-refractivity contribution in [3.8, 4) is 5.75 Å². The van der Waals surface area contributed by atoms with Crippen LogP contribution in [0.4, 0.5) is 0 Å². The normalized spacial score (nSPS) is 20.0. The Morgan fingerprint density at radius 2 is 2.12 bits per heavy atom. The van der Waals surface area contributed by atoms with Gasteiger partial charge in [-0.25, -0.2) is 0 Å². The first kappa shape index (κ1) is 13.3. The highest BCUT2D eigenvalue weighted by molar-refractivity contribution is 5.85. The van der Waals surface area contributed by atoms with Gasteiger partial charge in [0, 0.05) is 6.04 Å². The molecule has 0 unspecified atom stereocenters. The molecule has 0 radical (unpaired) electrons. The molecule has 1 aromatic rings. The van der Waals surface area contributed by atoms with Crippen LogP contribution in [0.25, 0.3) is 0 Å². The first-order chi connectivity index (χ1) is 7.31. The molecule has 0 aromatic heterocycles. The number of halogens is 1. The van der Waals surface area contributed by atoms with Gasteiger partial charge in [0.2, 0.25) is 0 Å². The number of rotatable bonds is 2. The van der Waals surface area contributed by atoms with Crippen LogP contribution in [0.5, 0.6) is 5.75 Å². The van der Waals surface area contributed by atoms with Crippen LogP contribution in [-0.2, 0) is 0 Å². The van der Waals surface area contributed by atoms with E-state index in [1.54, 1.807) is 7.11 Å². The van der Waals surface area contributed by atoms with Crippen LogP contribution < -0.4 is 10.1 Å². The molecule has 0 amide bonds. The zero-order valence-electron chi connectivity index (χ0n) is 9.95. The van der Waals surface area contributed by atoms with E-state index in [-0.39, 0.29) is 12.4 Å². The molecular formula is C13H20ClNO. The Hall–Kier alpha value is -0.730.